The predicted octanol–water partition coefficient (Wildman–Crippen LogP) is 2.60. The highest BCUT2D eigenvalue weighted by molar-refractivity contribution is 5.83. The van der Waals surface area contributed by atoms with Gasteiger partial charge in [-0.1, -0.05) is 24.3 Å². The van der Waals surface area contributed by atoms with Crippen LogP contribution in [0.1, 0.15) is 33.6 Å². The third-order valence-corrected chi connectivity index (χ3v) is 5.11. The summed E-state index contributed by atoms with van der Waals surface area (Å²) in [5, 5.41) is 0. The Bertz CT molecular complexity index is 589. The minimum absolute atomic E-state index is 0.0105. The van der Waals surface area contributed by atoms with Crippen molar-refractivity contribution in [3.05, 3.63) is 24.3 Å². The number of piperazine rings is 1. The Labute approximate surface area is 155 Å². The van der Waals surface area contributed by atoms with E-state index in [1.807, 2.05) is 25.7 Å². The van der Waals surface area contributed by atoms with Crippen LogP contribution in [-0.2, 0) is 14.3 Å². The van der Waals surface area contributed by atoms with Gasteiger partial charge in [-0.25, -0.2) is 4.79 Å². The maximum atomic E-state index is 12.6. The van der Waals surface area contributed by atoms with E-state index in [2.05, 4.69) is 24.3 Å². The van der Waals surface area contributed by atoms with Crippen LogP contribution in [0.5, 0.6) is 0 Å². The monoisotopic (exact) mass is 362 g/mol. The van der Waals surface area contributed by atoms with Gasteiger partial charge < -0.3 is 14.4 Å². The molecule has 2 fully saturated rings. The highest BCUT2D eigenvalue weighted by atomic mass is 16.6. The van der Waals surface area contributed by atoms with Crippen molar-refractivity contribution < 1.29 is 19.1 Å². The van der Waals surface area contributed by atoms with Crippen molar-refractivity contribution in [2.75, 3.05) is 32.8 Å². The number of nitrogens with zero attached hydrogens (tertiary/aromatic N) is 2. The largest absolute Gasteiger partial charge is 0.444 e. The van der Waals surface area contributed by atoms with Crippen LogP contribution >= 0.6 is 0 Å². The Morgan fingerprint density at radius 3 is 2.50 bits per heavy atom. The highest BCUT2D eigenvalue weighted by Crippen LogP contribution is 2.30. The fourth-order valence-corrected chi connectivity index (χ4v) is 3.56. The summed E-state index contributed by atoms with van der Waals surface area (Å²) >= 11 is 0. The summed E-state index contributed by atoms with van der Waals surface area (Å²) < 4.78 is 10.9. The SMILES string of the molecule is CC(C)(C)OC(=O)N1CCN(C[C@H]2C=CC=CC2CC2CCO2)C(=O)C1. The van der Waals surface area contributed by atoms with Crippen molar-refractivity contribution in [3.63, 3.8) is 0 Å². The maximum absolute atomic E-state index is 12.6. The van der Waals surface area contributed by atoms with Crippen molar-refractivity contribution in [2.24, 2.45) is 11.8 Å². The highest BCUT2D eigenvalue weighted by Gasteiger charge is 2.33. The minimum Gasteiger partial charge on any atom is -0.444 e. The molecule has 0 aromatic heterocycles. The molecule has 1 aliphatic carbocycles. The van der Waals surface area contributed by atoms with E-state index < -0.39 is 11.7 Å². The molecular formula is C20H30N2O4. The molecule has 2 amide bonds. The van der Waals surface area contributed by atoms with Crippen molar-refractivity contribution >= 4 is 12.0 Å². The normalized spacial score (nSPS) is 28.9. The molecule has 2 unspecified atom stereocenters. The van der Waals surface area contributed by atoms with Crippen LogP contribution in [0.3, 0.4) is 0 Å². The molecule has 0 aromatic rings. The topological polar surface area (TPSA) is 59.1 Å². The van der Waals surface area contributed by atoms with Gasteiger partial charge in [0.25, 0.3) is 0 Å². The molecule has 0 saturated carbocycles. The van der Waals surface area contributed by atoms with Gasteiger partial charge in [-0.2, -0.15) is 0 Å². The maximum Gasteiger partial charge on any atom is 0.410 e. The summed E-state index contributed by atoms with van der Waals surface area (Å²) in [6, 6.07) is 0. The lowest BCUT2D eigenvalue weighted by Gasteiger charge is -2.38. The fraction of sp³-hybridized carbons (Fsp3) is 0.700. The van der Waals surface area contributed by atoms with Crippen LogP contribution in [-0.4, -0.2) is 66.3 Å². The summed E-state index contributed by atoms with van der Waals surface area (Å²) in [6.45, 7) is 8.22. The zero-order chi connectivity index (χ0) is 18.7. The average Bonchev–Trinajstić information content (AvgIpc) is 2.52. The van der Waals surface area contributed by atoms with Crippen molar-refractivity contribution in [1.82, 2.24) is 9.80 Å². The molecule has 3 atom stereocenters. The lowest BCUT2D eigenvalue weighted by atomic mass is 9.82. The molecule has 144 valence electrons. The van der Waals surface area contributed by atoms with Crippen LogP contribution in [0.4, 0.5) is 4.79 Å². The van der Waals surface area contributed by atoms with E-state index in [1.165, 1.54) is 4.90 Å². The van der Waals surface area contributed by atoms with Crippen LogP contribution < -0.4 is 0 Å². The van der Waals surface area contributed by atoms with Crippen molar-refractivity contribution in [2.45, 2.75) is 45.3 Å². The van der Waals surface area contributed by atoms with Gasteiger partial charge in [0.1, 0.15) is 12.1 Å². The number of carbonyl (C=O) groups excluding carboxylic acids is 2. The first kappa shape index (κ1) is 19.0. The average molecular weight is 362 g/mol. The van der Waals surface area contributed by atoms with E-state index in [0.29, 0.717) is 37.6 Å². The summed E-state index contributed by atoms with van der Waals surface area (Å²) in [5.41, 5.74) is -0.548. The fourth-order valence-electron chi connectivity index (χ4n) is 3.56. The van der Waals surface area contributed by atoms with Crippen LogP contribution in [0, 0.1) is 11.8 Å². The van der Waals surface area contributed by atoms with Gasteiger partial charge in [-0.3, -0.25) is 9.69 Å². The molecule has 6 nitrogen and oxygen atoms in total. The number of hydrogen-bond donors (Lipinski definition) is 0. The van der Waals surface area contributed by atoms with E-state index in [4.69, 9.17) is 9.47 Å². The minimum atomic E-state index is -0.548. The number of ether oxygens (including phenoxy) is 2. The zero-order valence-electron chi connectivity index (χ0n) is 16.0. The molecule has 3 aliphatic rings. The van der Waals surface area contributed by atoms with Gasteiger partial charge in [0.2, 0.25) is 5.91 Å². The summed E-state index contributed by atoms with van der Waals surface area (Å²) in [4.78, 5) is 28.1. The van der Waals surface area contributed by atoms with Crippen LogP contribution in [0.15, 0.2) is 24.3 Å². The molecule has 26 heavy (non-hydrogen) atoms. The summed E-state index contributed by atoms with van der Waals surface area (Å²) in [5.74, 6) is 0.701. The molecule has 2 heterocycles. The molecule has 2 saturated heterocycles. The molecule has 6 heteroatoms. The third kappa shape index (κ3) is 4.87. The molecule has 0 aromatic carbocycles. The first-order valence-corrected chi connectivity index (χ1v) is 9.54. The summed E-state index contributed by atoms with van der Waals surface area (Å²) in [6.07, 6.45) is 10.7. The number of carbonyl (C=O) groups is 2. The van der Waals surface area contributed by atoms with Gasteiger partial charge in [0.15, 0.2) is 0 Å². The molecule has 0 radical (unpaired) electrons. The molecule has 3 rings (SSSR count). The second-order valence-corrected chi connectivity index (χ2v) is 8.36. The third-order valence-electron chi connectivity index (χ3n) is 5.11. The van der Waals surface area contributed by atoms with E-state index >= 15 is 0 Å². The lowest BCUT2D eigenvalue weighted by molar-refractivity contribution is -0.136. The number of hydrogen-bond acceptors (Lipinski definition) is 4. The second kappa shape index (κ2) is 7.82. The Morgan fingerprint density at radius 2 is 1.92 bits per heavy atom. The lowest BCUT2D eigenvalue weighted by Crippen LogP contribution is -2.54. The Balaban J connectivity index is 1.52. The zero-order valence-corrected chi connectivity index (χ0v) is 16.0. The molecule has 0 N–H and O–H groups in total. The number of allylic oxidation sites excluding steroid dienone is 3. The standard InChI is InChI=1S/C20H30N2O4/c1-20(2,3)26-19(24)22-10-9-21(18(23)14-22)13-16-7-5-4-6-15(16)12-17-8-11-25-17/h4-7,15-17H,8-14H2,1-3H3/t15?,16-,17?/m1/s1. The Morgan fingerprint density at radius 1 is 1.23 bits per heavy atom. The van der Waals surface area contributed by atoms with E-state index in [0.717, 1.165) is 19.4 Å². The van der Waals surface area contributed by atoms with Crippen molar-refractivity contribution in [1.29, 1.82) is 0 Å². The molecule has 0 bridgehead atoms. The second-order valence-electron chi connectivity index (χ2n) is 8.36. The quantitative estimate of drug-likeness (QED) is 0.771. The first-order chi connectivity index (χ1) is 12.3. The molecule has 0 spiro atoms. The number of rotatable bonds is 4. The molecular weight excluding hydrogens is 332 g/mol. The van der Waals surface area contributed by atoms with Crippen molar-refractivity contribution in [3.8, 4) is 0 Å². The van der Waals surface area contributed by atoms with Crippen LogP contribution in [0.25, 0.3) is 0 Å². The Kier molecular flexibility index (Phi) is 5.70. The number of amides is 2. The van der Waals surface area contributed by atoms with Gasteiger partial charge in [0.05, 0.1) is 6.10 Å². The molecule has 2 aliphatic heterocycles. The smallest absolute Gasteiger partial charge is 0.410 e. The van der Waals surface area contributed by atoms with E-state index in [1.54, 1.807) is 0 Å². The van der Waals surface area contributed by atoms with E-state index in [-0.39, 0.29) is 12.5 Å². The van der Waals surface area contributed by atoms with Gasteiger partial charge in [0, 0.05) is 32.2 Å². The van der Waals surface area contributed by atoms with Gasteiger partial charge in [-0.15, -0.1) is 0 Å². The van der Waals surface area contributed by atoms with Crippen LogP contribution in [0.2, 0.25) is 0 Å². The predicted molar refractivity (Wildman–Crippen MR) is 98.6 cm³/mol. The first-order valence-electron chi connectivity index (χ1n) is 9.54. The Hall–Kier alpha value is -1.82. The van der Waals surface area contributed by atoms with E-state index in [9.17, 15) is 9.59 Å². The summed E-state index contributed by atoms with van der Waals surface area (Å²) in [7, 11) is 0. The van der Waals surface area contributed by atoms with Gasteiger partial charge >= 0.3 is 6.09 Å². The van der Waals surface area contributed by atoms with Gasteiger partial charge in [-0.05, 0) is 39.5 Å².